The van der Waals surface area contributed by atoms with Crippen LogP contribution in [0, 0.1) is 5.92 Å². The lowest BCUT2D eigenvalue weighted by Gasteiger charge is -2.18. The molecular formula is C17H26BrNO2. The zero-order valence-electron chi connectivity index (χ0n) is 13.4. The maximum Gasteiger partial charge on any atom is 0.176 e. The summed E-state index contributed by atoms with van der Waals surface area (Å²) in [6, 6.07) is 4.10. The maximum absolute atomic E-state index is 5.87. The van der Waals surface area contributed by atoms with Gasteiger partial charge in [0.1, 0.15) is 6.10 Å². The molecule has 0 aliphatic heterocycles. The Kier molecular flexibility index (Phi) is 7.83. The Labute approximate surface area is 136 Å². The zero-order chi connectivity index (χ0) is 15.8. The van der Waals surface area contributed by atoms with Gasteiger partial charge in [-0.15, -0.1) is 0 Å². The summed E-state index contributed by atoms with van der Waals surface area (Å²) in [5.41, 5.74) is 1.17. The SMILES string of the molecule is C=CC(C)Oc1c(Br)cc(CNCC(C)C)cc1OCC. The summed E-state index contributed by atoms with van der Waals surface area (Å²) in [7, 11) is 0. The van der Waals surface area contributed by atoms with Crippen molar-refractivity contribution in [3.8, 4) is 11.5 Å². The van der Waals surface area contributed by atoms with E-state index in [4.69, 9.17) is 9.47 Å². The topological polar surface area (TPSA) is 30.5 Å². The van der Waals surface area contributed by atoms with Gasteiger partial charge in [-0.3, -0.25) is 0 Å². The molecule has 0 saturated heterocycles. The smallest absolute Gasteiger partial charge is 0.176 e. The first-order chi connectivity index (χ1) is 9.97. The van der Waals surface area contributed by atoms with Crippen molar-refractivity contribution < 1.29 is 9.47 Å². The van der Waals surface area contributed by atoms with Gasteiger partial charge in [-0.25, -0.2) is 0 Å². The summed E-state index contributed by atoms with van der Waals surface area (Å²) >= 11 is 3.58. The van der Waals surface area contributed by atoms with Gasteiger partial charge < -0.3 is 14.8 Å². The van der Waals surface area contributed by atoms with Crippen LogP contribution >= 0.6 is 15.9 Å². The number of halogens is 1. The number of hydrogen-bond donors (Lipinski definition) is 1. The number of benzene rings is 1. The molecule has 21 heavy (non-hydrogen) atoms. The summed E-state index contributed by atoms with van der Waals surface area (Å²) in [5.74, 6) is 2.13. The molecule has 118 valence electrons. The van der Waals surface area contributed by atoms with Crippen molar-refractivity contribution in [1.29, 1.82) is 0 Å². The largest absolute Gasteiger partial charge is 0.490 e. The summed E-state index contributed by atoms with van der Waals surface area (Å²) in [6.45, 7) is 14.5. The number of nitrogens with one attached hydrogen (secondary N) is 1. The first kappa shape index (κ1) is 18.1. The van der Waals surface area contributed by atoms with E-state index >= 15 is 0 Å². The predicted molar refractivity (Wildman–Crippen MR) is 92.1 cm³/mol. The third-order valence-corrected chi connectivity index (χ3v) is 3.48. The lowest BCUT2D eigenvalue weighted by Crippen LogP contribution is -2.19. The quantitative estimate of drug-likeness (QED) is 0.659. The fraction of sp³-hybridized carbons (Fsp3) is 0.529. The molecule has 1 unspecified atom stereocenters. The van der Waals surface area contributed by atoms with E-state index in [0.29, 0.717) is 12.5 Å². The van der Waals surface area contributed by atoms with Crippen LogP contribution in [0.4, 0.5) is 0 Å². The highest BCUT2D eigenvalue weighted by atomic mass is 79.9. The summed E-state index contributed by atoms with van der Waals surface area (Å²) in [4.78, 5) is 0. The average Bonchev–Trinajstić information content (AvgIpc) is 2.42. The van der Waals surface area contributed by atoms with Crippen molar-refractivity contribution in [1.82, 2.24) is 5.32 Å². The highest BCUT2D eigenvalue weighted by Gasteiger charge is 2.14. The van der Waals surface area contributed by atoms with E-state index in [9.17, 15) is 0 Å². The molecule has 1 N–H and O–H groups in total. The van der Waals surface area contributed by atoms with E-state index < -0.39 is 0 Å². The minimum absolute atomic E-state index is 0.0644. The first-order valence-electron chi connectivity index (χ1n) is 7.43. The molecule has 0 fully saturated rings. The number of hydrogen-bond acceptors (Lipinski definition) is 3. The van der Waals surface area contributed by atoms with Gasteiger partial charge >= 0.3 is 0 Å². The van der Waals surface area contributed by atoms with Crippen molar-refractivity contribution >= 4 is 15.9 Å². The predicted octanol–water partition coefficient (Wildman–Crippen LogP) is 4.55. The van der Waals surface area contributed by atoms with E-state index in [2.05, 4.69) is 47.7 Å². The van der Waals surface area contributed by atoms with Crippen molar-refractivity contribution in [2.75, 3.05) is 13.2 Å². The molecule has 1 aromatic carbocycles. The standard InChI is InChI=1S/C17H26BrNO2/c1-6-13(5)21-17-15(18)8-14(9-16(17)20-7-2)11-19-10-12(3)4/h6,8-9,12-13,19H,1,7,10-11H2,2-5H3. The molecule has 3 nitrogen and oxygen atoms in total. The second-order valence-corrected chi connectivity index (χ2v) is 6.28. The van der Waals surface area contributed by atoms with Gasteiger partial charge in [-0.1, -0.05) is 26.5 Å². The molecular weight excluding hydrogens is 330 g/mol. The maximum atomic E-state index is 5.87. The van der Waals surface area contributed by atoms with Crippen LogP contribution in [0.5, 0.6) is 11.5 Å². The normalized spacial score (nSPS) is 12.3. The lowest BCUT2D eigenvalue weighted by molar-refractivity contribution is 0.243. The van der Waals surface area contributed by atoms with Gasteiger partial charge in [0.05, 0.1) is 11.1 Å². The van der Waals surface area contributed by atoms with E-state index in [1.807, 2.05) is 19.9 Å². The summed E-state index contributed by atoms with van der Waals surface area (Å²) < 4.78 is 12.5. The Bertz CT molecular complexity index is 460. The zero-order valence-corrected chi connectivity index (χ0v) is 15.0. The molecule has 0 heterocycles. The van der Waals surface area contributed by atoms with Crippen LogP contribution < -0.4 is 14.8 Å². The minimum atomic E-state index is -0.0644. The highest BCUT2D eigenvalue weighted by Crippen LogP contribution is 2.37. The number of ether oxygens (including phenoxy) is 2. The third-order valence-electron chi connectivity index (χ3n) is 2.89. The lowest BCUT2D eigenvalue weighted by atomic mass is 10.1. The Balaban J connectivity index is 2.91. The second-order valence-electron chi connectivity index (χ2n) is 5.42. The van der Waals surface area contributed by atoms with Crippen LogP contribution in [0.3, 0.4) is 0 Å². The Morgan fingerprint density at radius 1 is 1.33 bits per heavy atom. The molecule has 0 aliphatic rings. The van der Waals surface area contributed by atoms with E-state index in [-0.39, 0.29) is 6.10 Å². The third kappa shape index (κ3) is 6.10. The van der Waals surface area contributed by atoms with Gasteiger partial charge in [-0.2, -0.15) is 0 Å². The molecule has 0 bridgehead atoms. The first-order valence-corrected chi connectivity index (χ1v) is 8.22. The molecule has 1 rings (SSSR count). The van der Waals surface area contributed by atoms with Crippen LogP contribution in [0.2, 0.25) is 0 Å². The van der Waals surface area contributed by atoms with Crippen LogP contribution in [0.25, 0.3) is 0 Å². The van der Waals surface area contributed by atoms with Crippen molar-refractivity contribution in [2.24, 2.45) is 5.92 Å². The van der Waals surface area contributed by atoms with Crippen molar-refractivity contribution in [3.05, 3.63) is 34.8 Å². The van der Waals surface area contributed by atoms with Crippen molar-refractivity contribution in [2.45, 2.75) is 40.3 Å². The van der Waals surface area contributed by atoms with Crippen LogP contribution in [-0.4, -0.2) is 19.3 Å². The monoisotopic (exact) mass is 355 g/mol. The Morgan fingerprint density at radius 2 is 2.05 bits per heavy atom. The van der Waals surface area contributed by atoms with Crippen LogP contribution in [0.1, 0.15) is 33.3 Å². The Morgan fingerprint density at radius 3 is 2.62 bits per heavy atom. The van der Waals surface area contributed by atoms with Gasteiger partial charge in [0.2, 0.25) is 0 Å². The average molecular weight is 356 g/mol. The molecule has 0 aromatic heterocycles. The summed E-state index contributed by atoms with van der Waals surface area (Å²) in [5, 5.41) is 3.44. The molecule has 0 saturated carbocycles. The van der Waals surface area contributed by atoms with E-state index in [1.54, 1.807) is 6.08 Å². The minimum Gasteiger partial charge on any atom is -0.490 e. The van der Waals surface area contributed by atoms with Gasteiger partial charge in [0, 0.05) is 6.54 Å². The molecule has 4 heteroatoms. The molecule has 0 spiro atoms. The number of rotatable bonds is 9. The molecule has 0 radical (unpaired) electrons. The fourth-order valence-electron chi connectivity index (χ4n) is 1.84. The Hall–Kier alpha value is -1.00. The van der Waals surface area contributed by atoms with Crippen LogP contribution in [-0.2, 0) is 6.54 Å². The van der Waals surface area contributed by atoms with Gasteiger partial charge in [0.25, 0.3) is 0 Å². The van der Waals surface area contributed by atoms with E-state index in [1.165, 1.54) is 5.56 Å². The molecule has 1 atom stereocenters. The fourth-order valence-corrected chi connectivity index (χ4v) is 2.42. The van der Waals surface area contributed by atoms with Gasteiger partial charge in [-0.05, 0) is 59.9 Å². The molecule has 0 aliphatic carbocycles. The van der Waals surface area contributed by atoms with E-state index in [0.717, 1.165) is 29.1 Å². The van der Waals surface area contributed by atoms with Crippen molar-refractivity contribution in [3.63, 3.8) is 0 Å². The highest BCUT2D eigenvalue weighted by molar-refractivity contribution is 9.10. The van der Waals surface area contributed by atoms with Crippen LogP contribution in [0.15, 0.2) is 29.3 Å². The van der Waals surface area contributed by atoms with Gasteiger partial charge in [0.15, 0.2) is 11.5 Å². The molecule has 0 amide bonds. The summed E-state index contributed by atoms with van der Waals surface area (Å²) in [6.07, 6.45) is 1.70. The second kappa shape index (κ2) is 9.11. The molecule has 1 aromatic rings.